The van der Waals surface area contributed by atoms with Crippen LogP contribution in [0, 0.1) is 0 Å². The van der Waals surface area contributed by atoms with Crippen molar-refractivity contribution in [2.75, 3.05) is 11.9 Å². The van der Waals surface area contributed by atoms with Crippen LogP contribution >= 0.6 is 0 Å². The molecule has 222 valence electrons. The minimum atomic E-state index is 0.614. The van der Waals surface area contributed by atoms with E-state index in [0.717, 1.165) is 67.6 Å². The van der Waals surface area contributed by atoms with Crippen LogP contribution in [0.1, 0.15) is 5.56 Å². The van der Waals surface area contributed by atoms with Gasteiger partial charge in [0.25, 0.3) is 0 Å². The second kappa shape index (κ2) is 11.2. The molecular weight excluding hydrogens is 576 g/mol. The number of nitrogens with one attached hydrogen (secondary N) is 1. The molecule has 5 heteroatoms. The molecule has 0 fully saturated rings. The first kappa shape index (κ1) is 27.0. The van der Waals surface area contributed by atoms with Gasteiger partial charge in [-0.15, -0.1) is 0 Å². The molecule has 0 saturated carbocycles. The molecule has 3 heterocycles. The molecule has 5 nitrogen and oxygen atoms in total. The maximum Gasteiger partial charge on any atom is 0.201 e. The quantitative estimate of drug-likeness (QED) is 0.212. The van der Waals surface area contributed by atoms with Crippen LogP contribution in [0.3, 0.4) is 0 Å². The van der Waals surface area contributed by atoms with Crippen molar-refractivity contribution in [3.63, 3.8) is 0 Å². The second-order valence-electron chi connectivity index (χ2n) is 11.7. The van der Waals surface area contributed by atoms with E-state index in [4.69, 9.17) is 19.4 Å². The lowest BCUT2D eigenvalue weighted by atomic mass is 9.99. The van der Waals surface area contributed by atoms with Gasteiger partial charge in [0.15, 0.2) is 17.5 Å². The van der Waals surface area contributed by atoms with Gasteiger partial charge in [-0.2, -0.15) is 0 Å². The van der Waals surface area contributed by atoms with Crippen molar-refractivity contribution in [2.24, 2.45) is 0 Å². The summed E-state index contributed by atoms with van der Waals surface area (Å²) in [4.78, 5) is 15.2. The van der Waals surface area contributed by atoms with Crippen molar-refractivity contribution in [3.05, 3.63) is 151 Å². The van der Waals surface area contributed by atoms with Crippen molar-refractivity contribution < 1.29 is 4.42 Å². The smallest absolute Gasteiger partial charge is 0.201 e. The van der Waals surface area contributed by atoms with E-state index in [-0.39, 0.29) is 0 Å². The summed E-state index contributed by atoms with van der Waals surface area (Å²) in [5.41, 5.74) is 9.37. The molecule has 9 rings (SSSR count). The third kappa shape index (κ3) is 4.95. The summed E-state index contributed by atoms with van der Waals surface area (Å²) in [6.07, 6.45) is 4.21. The van der Waals surface area contributed by atoms with Crippen LogP contribution < -0.4 is 5.32 Å². The van der Waals surface area contributed by atoms with Crippen molar-refractivity contribution in [3.8, 4) is 56.4 Å². The summed E-state index contributed by atoms with van der Waals surface area (Å²) < 4.78 is 6.08. The van der Waals surface area contributed by atoms with Gasteiger partial charge >= 0.3 is 0 Å². The Morgan fingerprint density at radius 3 is 1.85 bits per heavy atom. The summed E-state index contributed by atoms with van der Waals surface area (Å²) >= 11 is 0. The van der Waals surface area contributed by atoms with Gasteiger partial charge in [-0.05, 0) is 51.2 Å². The average Bonchev–Trinajstić information content (AvgIpc) is 3.53. The molecule has 6 aromatic carbocycles. The van der Waals surface area contributed by atoms with Gasteiger partial charge in [0, 0.05) is 34.2 Å². The third-order valence-corrected chi connectivity index (χ3v) is 8.78. The molecule has 0 radical (unpaired) electrons. The highest BCUT2D eigenvalue weighted by Gasteiger charge is 2.18. The molecule has 1 N–H and O–H groups in total. The minimum absolute atomic E-state index is 0.614. The molecule has 0 saturated heterocycles. The van der Waals surface area contributed by atoms with Crippen molar-refractivity contribution in [2.45, 2.75) is 0 Å². The zero-order chi connectivity index (χ0) is 31.2. The van der Waals surface area contributed by atoms with Gasteiger partial charge in [0.1, 0.15) is 5.58 Å². The molecule has 0 unspecified atom stereocenters. The molecule has 0 aliphatic carbocycles. The number of aromatic nitrogens is 3. The average molecular weight is 605 g/mol. The van der Waals surface area contributed by atoms with Gasteiger partial charge in [0.05, 0.1) is 0 Å². The summed E-state index contributed by atoms with van der Waals surface area (Å²) in [6, 6.07) is 48.3. The fraction of sp³-hybridized carbons (Fsp3) is 0.0238. The first-order chi connectivity index (χ1) is 23.3. The molecule has 47 heavy (non-hydrogen) atoms. The lowest BCUT2D eigenvalue weighted by Gasteiger charge is -2.11. The normalized spacial score (nSPS) is 12.3. The number of fused-ring (bicyclic) bond motifs is 4. The zero-order valence-corrected chi connectivity index (χ0v) is 25.4. The van der Waals surface area contributed by atoms with Gasteiger partial charge in [0.2, 0.25) is 5.88 Å². The maximum atomic E-state index is 6.08. The van der Waals surface area contributed by atoms with E-state index in [0.29, 0.717) is 17.5 Å². The number of anilines is 1. The summed E-state index contributed by atoms with van der Waals surface area (Å²) in [7, 11) is 0. The van der Waals surface area contributed by atoms with E-state index in [2.05, 4.69) is 139 Å². The minimum Gasteiger partial charge on any atom is -0.440 e. The molecular formula is C42H28N4O. The Hall–Kier alpha value is -6.33. The Bertz CT molecular complexity index is 2440. The van der Waals surface area contributed by atoms with E-state index < -0.39 is 0 Å². The van der Waals surface area contributed by atoms with Crippen LogP contribution in [0.5, 0.6) is 0 Å². The number of rotatable bonds is 5. The standard InChI is InChI=1S/C42H28N4O/c1-2-8-27(9-3-1)28-15-17-29(18-16-28)30-19-21-32(22-20-30)39-44-40(33-23-24-38-37(26-33)36-14-7-25-43-42(36)47-38)46-41(45-39)35-13-6-11-31-10-4-5-12-34(31)35/h1-24,26,43H,25H2. The highest BCUT2D eigenvalue weighted by Crippen LogP contribution is 2.36. The SMILES string of the molecule is C1=Cc2c(oc3ccc(-c4nc(-c5ccc(-c6ccc(-c7ccccc7)cc6)cc5)nc(-c5cccc6ccccc56)n4)cc23)NC1. The number of furan rings is 1. The van der Waals surface area contributed by atoms with Crippen molar-refractivity contribution in [1.82, 2.24) is 15.0 Å². The van der Waals surface area contributed by atoms with E-state index in [1.807, 2.05) is 18.2 Å². The maximum absolute atomic E-state index is 6.08. The van der Waals surface area contributed by atoms with Crippen molar-refractivity contribution >= 4 is 33.7 Å². The largest absolute Gasteiger partial charge is 0.440 e. The topological polar surface area (TPSA) is 63.8 Å². The Labute approximate surface area is 271 Å². The summed E-state index contributed by atoms with van der Waals surface area (Å²) in [5.74, 6) is 2.67. The fourth-order valence-corrected chi connectivity index (χ4v) is 6.35. The van der Waals surface area contributed by atoms with Crippen LogP contribution in [0.15, 0.2) is 150 Å². The van der Waals surface area contributed by atoms with E-state index in [9.17, 15) is 0 Å². The van der Waals surface area contributed by atoms with Crippen LogP contribution in [-0.2, 0) is 0 Å². The Balaban J connectivity index is 1.14. The third-order valence-electron chi connectivity index (χ3n) is 8.78. The molecule has 8 aromatic rings. The highest BCUT2D eigenvalue weighted by molar-refractivity contribution is 5.97. The van der Waals surface area contributed by atoms with Gasteiger partial charge in [-0.1, -0.05) is 133 Å². The van der Waals surface area contributed by atoms with Gasteiger partial charge in [-0.25, -0.2) is 15.0 Å². The Kier molecular flexibility index (Phi) is 6.46. The van der Waals surface area contributed by atoms with Crippen LogP contribution in [0.4, 0.5) is 5.88 Å². The fourth-order valence-electron chi connectivity index (χ4n) is 6.35. The van der Waals surface area contributed by atoms with E-state index in [1.165, 1.54) is 11.1 Å². The molecule has 0 bridgehead atoms. The monoisotopic (exact) mass is 604 g/mol. The molecule has 0 atom stereocenters. The predicted molar refractivity (Wildman–Crippen MR) is 192 cm³/mol. The molecule has 1 aliphatic rings. The first-order valence-electron chi connectivity index (χ1n) is 15.7. The van der Waals surface area contributed by atoms with E-state index in [1.54, 1.807) is 0 Å². The molecule has 0 amide bonds. The van der Waals surface area contributed by atoms with Crippen LogP contribution in [-0.4, -0.2) is 21.5 Å². The zero-order valence-electron chi connectivity index (χ0n) is 25.4. The van der Waals surface area contributed by atoms with Gasteiger partial charge in [-0.3, -0.25) is 0 Å². The number of nitrogens with zero attached hydrogens (tertiary/aromatic N) is 3. The second-order valence-corrected chi connectivity index (χ2v) is 11.7. The lowest BCUT2D eigenvalue weighted by molar-refractivity contribution is 0.628. The summed E-state index contributed by atoms with van der Waals surface area (Å²) in [6.45, 7) is 0.753. The number of benzene rings is 6. The van der Waals surface area contributed by atoms with Crippen molar-refractivity contribution in [1.29, 1.82) is 0 Å². The predicted octanol–water partition coefficient (Wildman–Crippen LogP) is 10.5. The van der Waals surface area contributed by atoms with E-state index >= 15 is 0 Å². The first-order valence-corrected chi connectivity index (χ1v) is 15.7. The highest BCUT2D eigenvalue weighted by atomic mass is 16.3. The molecule has 2 aromatic heterocycles. The number of hydrogen-bond donors (Lipinski definition) is 1. The Morgan fingerprint density at radius 2 is 1.09 bits per heavy atom. The molecule has 1 aliphatic heterocycles. The molecule has 0 spiro atoms. The lowest BCUT2D eigenvalue weighted by Crippen LogP contribution is -2.01. The van der Waals surface area contributed by atoms with Crippen LogP contribution in [0.25, 0.3) is 84.2 Å². The van der Waals surface area contributed by atoms with Crippen LogP contribution in [0.2, 0.25) is 0 Å². The number of hydrogen-bond acceptors (Lipinski definition) is 5. The summed E-state index contributed by atoms with van der Waals surface area (Å²) in [5, 5.41) is 6.59. The Morgan fingerprint density at radius 1 is 0.489 bits per heavy atom. The van der Waals surface area contributed by atoms with Gasteiger partial charge < -0.3 is 9.73 Å².